The van der Waals surface area contributed by atoms with E-state index in [4.69, 9.17) is 4.84 Å². The Balaban J connectivity index is 3.08. The number of rotatable bonds is 5. The van der Waals surface area contributed by atoms with E-state index in [2.05, 4.69) is 0 Å². The lowest BCUT2D eigenvalue weighted by molar-refractivity contribution is -0.138. The molecule has 0 aliphatic heterocycles. The molecule has 0 amide bonds. The number of hydrogen-bond donors (Lipinski definition) is 1. The summed E-state index contributed by atoms with van der Waals surface area (Å²) in [5, 5.41) is 0. The molecule has 0 heterocycles. The molecule has 1 aromatic carbocycles. The van der Waals surface area contributed by atoms with Gasteiger partial charge in [0.05, 0.1) is 17.1 Å². The van der Waals surface area contributed by atoms with Crippen molar-refractivity contribution in [2.24, 2.45) is 5.92 Å². The van der Waals surface area contributed by atoms with E-state index in [9.17, 15) is 21.6 Å². The van der Waals surface area contributed by atoms with Crippen molar-refractivity contribution in [2.45, 2.75) is 31.8 Å². The summed E-state index contributed by atoms with van der Waals surface area (Å²) in [6, 6.07) is 2.99. The van der Waals surface area contributed by atoms with E-state index in [1.54, 1.807) is 0 Å². The second-order valence-electron chi connectivity index (χ2n) is 4.72. The molecule has 0 aromatic heterocycles. The highest BCUT2D eigenvalue weighted by Gasteiger charge is 2.34. The molecule has 1 aromatic rings. The molecule has 0 unspecified atom stereocenters. The van der Waals surface area contributed by atoms with Gasteiger partial charge in [-0.3, -0.25) is 4.84 Å². The predicted octanol–water partition coefficient (Wildman–Crippen LogP) is 2.88. The van der Waals surface area contributed by atoms with Crippen molar-refractivity contribution in [2.75, 3.05) is 6.61 Å². The van der Waals surface area contributed by atoms with Crippen molar-refractivity contribution < 1.29 is 26.4 Å². The SMILES string of the molecule is Cc1c(C(F)(F)F)cccc1S(=O)(=O)NOCC(C)C. The standard InChI is InChI=1S/C12H16F3NO3S/c1-8(2)7-19-16-20(17,18)11-6-4-5-10(9(11)3)12(13,14)15/h4-6,8,16H,7H2,1-3H3. The minimum Gasteiger partial charge on any atom is -0.287 e. The van der Waals surface area contributed by atoms with Crippen LogP contribution in [-0.4, -0.2) is 15.0 Å². The molecule has 20 heavy (non-hydrogen) atoms. The van der Waals surface area contributed by atoms with Gasteiger partial charge in [0.15, 0.2) is 0 Å². The maximum absolute atomic E-state index is 12.7. The van der Waals surface area contributed by atoms with Crippen molar-refractivity contribution in [1.29, 1.82) is 0 Å². The Labute approximate surface area is 115 Å². The topological polar surface area (TPSA) is 55.4 Å². The lowest BCUT2D eigenvalue weighted by Gasteiger charge is -2.15. The highest BCUT2D eigenvalue weighted by molar-refractivity contribution is 7.89. The lowest BCUT2D eigenvalue weighted by atomic mass is 10.1. The summed E-state index contributed by atoms with van der Waals surface area (Å²) in [5.41, 5.74) is -1.34. The van der Waals surface area contributed by atoms with Crippen molar-refractivity contribution in [3.05, 3.63) is 29.3 Å². The van der Waals surface area contributed by atoms with Gasteiger partial charge in [0, 0.05) is 0 Å². The molecule has 4 nitrogen and oxygen atoms in total. The number of nitrogens with one attached hydrogen (secondary N) is 1. The van der Waals surface area contributed by atoms with Gasteiger partial charge in [0.1, 0.15) is 0 Å². The minimum atomic E-state index is -4.60. The average molecular weight is 311 g/mol. The Hall–Kier alpha value is -1.12. The third kappa shape index (κ3) is 4.19. The minimum absolute atomic E-state index is 0.0836. The summed E-state index contributed by atoms with van der Waals surface area (Å²) >= 11 is 0. The normalized spacial score (nSPS) is 12.9. The number of hydrogen-bond acceptors (Lipinski definition) is 3. The Kier molecular flexibility index (Phi) is 5.17. The molecule has 1 rings (SSSR count). The molecule has 0 radical (unpaired) electrons. The van der Waals surface area contributed by atoms with Gasteiger partial charge in [0.2, 0.25) is 0 Å². The van der Waals surface area contributed by atoms with Gasteiger partial charge in [-0.25, -0.2) is 8.42 Å². The quantitative estimate of drug-likeness (QED) is 0.851. The molecule has 0 aliphatic carbocycles. The summed E-state index contributed by atoms with van der Waals surface area (Å²) in [4.78, 5) is 6.16. The van der Waals surface area contributed by atoms with Gasteiger partial charge in [0.25, 0.3) is 10.0 Å². The maximum Gasteiger partial charge on any atom is 0.416 e. The van der Waals surface area contributed by atoms with Crippen LogP contribution in [-0.2, 0) is 21.0 Å². The van der Waals surface area contributed by atoms with Crippen LogP contribution in [0.15, 0.2) is 23.1 Å². The van der Waals surface area contributed by atoms with Gasteiger partial charge in [-0.15, -0.1) is 0 Å². The van der Waals surface area contributed by atoms with Gasteiger partial charge < -0.3 is 0 Å². The third-order valence-electron chi connectivity index (χ3n) is 2.46. The highest BCUT2D eigenvalue weighted by atomic mass is 32.2. The zero-order chi connectivity index (χ0) is 15.6. The predicted molar refractivity (Wildman–Crippen MR) is 67.3 cm³/mol. The molecule has 114 valence electrons. The van der Waals surface area contributed by atoms with Gasteiger partial charge >= 0.3 is 6.18 Å². The average Bonchev–Trinajstić information content (AvgIpc) is 2.26. The van der Waals surface area contributed by atoms with Crippen LogP contribution in [0.4, 0.5) is 13.2 Å². The number of alkyl halides is 3. The summed E-state index contributed by atoms with van der Waals surface area (Å²) in [6.07, 6.45) is -4.60. The summed E-state index contributed by atoms with van der Waals surface area (Å²) in [6.45, 7) is 4.85. The van der Waals surface area contributed by atoms with Crippen molar-refractivity contribution in [1.82, 2.24) is 4.89 Å². The van der Waals surface area contributed by atoms with Crippen LogP contribution in [0.25, 0.3) is 0 Å². The fourth-order valence-electron chi connectivity index (χ4n) is 1.54. The van der Waals surface area contributed by atoms with Crippen LogP contribution in [0.2, 0.25) is 0 Å². The summed E-state index contributed by atoms with van der Waals surface area (Å²) in [5.74, 6) is 0.0836. The van der Waals surface area contributed by atoms with Crippen LogP contribution in [0.1, 0.15) is 25.0 Å². The van der Waals surface area contributed by atoms with Crippen molar-refractivity contribution >= 4 is 10.0 Å². The Morgan fingerprint density at radius 2 is 1.90 bits per heavy atom. The first kappa shape index (κ1) is 16.9. The first-order chi connectivity index (χ1) is 9.05. The van der Waals surface area contributed by atoms with E-state index in [1.807, 2.05) is 18.7 Å². The third-order valence-corrected chi connectivity index (χ3v) is 3.82. The molecule has 0 spiro atoms. The molecule has 0 bridgehead atoms. The molecular formula is C12H16F3NO3S. The van der Waals surface area contributed by atoms with E-state index < -0.39 is 26.7 Å². The van der Waals surface area contributed by atoms with Crippen LogP contribution in [0, 0.1) is 12.8 Å². The van der Waals surface area contributed by atoms with Gasteiger partial charge in [-0.1, -0.05) is 24.8 Å². The lowest BCUT2D eigenvalue weighted by Crippen LogP contribution is -2.27. The molecule has 0 saturated carbocycles. The molecule has 1 N–H and O–H groups in total. The molecule has 8 heteroatoms. The number of sulfonamides is 1. The zero-order valence-corrected chi connectivity index (χ0v) is 12.1. The molecule has 0 atom stereocenters. The smallest absolute Gasteiger partial charge is 0.287 e. The largest absolute Gasteiger partial charge is 0.416 e. The van der Waals surface area contributed by atoms with Crippen LogP contribution in [0.5, 0.6) is 0 Å². The first-order valence-corrected chi connectivity index (χ1v) is 7.34. The second kappa shape index (κ2) is 6.11. The summed E-state index contributed by atoms with van der Waals surface area (Å²) in [7, 11) is -4.14. The fraction of sp³-hybridized carbons (Fsp3) is 0.500. The van der Waals surface area contributed by atoms with Crippen molar-refractivity contribution in [3.63, 3.8) is 0 Å². The van der Waals surface area contributed by atoms with E-state index >= 15 is 0 Å². The second-order valence-corrected chi connectivity index (χ2v) is 6.33. The molecular weight excluding hydrogens is 295 g/mol. The molecule has 0 aliphatic rings. The van der Waals surface area contributed by atoms with Crippen LogP contribution >= 0.6 is 0 Å². The maximum atomic E-state index is 12.7. The number of halogens is 3. The first-order valence-electron chi connectivity index (χ1n) is 5.86. The van der Waals surface area contributed by atoms with Crippen LogP contribution in [0.3, 0.4) is 0 Å². The van der Waals surface area contributed by atoms with E-state index in [0.29, 0.717) is 0 Å². The Morgan fingerprint density at radius 1 is 1.30 bits per heavy atom. The Morgan fingerprint density at radius 3 is 2.40 bits per heavy atom. The summed E-state index contributed by atoms with van der Waals surface area (Å²) < 4.78 is 62.0. The van der Waals surface area contributed by atoms with Gasteiger partial charge in [-0.2, -0.15) is 13.2 Å². The highest BCUT2D eigenvalue weighted by Crippen LogP contribution is 2.34. The molecule has 0 fully saturated rings. The monoisotopic (exact) mass is 311 g/mol. The number of benzene rings is 1. The van der Waals surface area contributed by atoms with E-state index in [-0.39, 0.29) is 18.1 Å². The molecule has 0 saturated heterocycles. The van der Waals surface area contributed by atoms with E-state index in [0.717, 1.165) is 25.1 Å². The van der Waals surface area contributed by atoms with E-state index in [1.165, 1.54) is 0 Å². The zero-order valence-electron chi connectivity index (χ0n) is 11.3. The van der Waals surface area contributed by atoms with Crippen molar-refractivity contribution in [3.8, 4) is 0 Å². The van der Waals surface area contributed by atoms with Crippen LogP contribution < -0.4 is 4.89 Å². The Bertz CT molecular complexity index is 568. The fourth-order valence-corrected chi connectivity index (χ4v) is 2.62. The van der Waals surface area contributed by atoms with Gasteiger partial charge in [-0.05, 0) is 30.5 Å².